The highest BCUT2D eigenvalue weighted by Crippen LogP contribution is 2.58. The van der Waals surface area contributed by atoms with Gasteiger partial charge in [0.25, 0.3) is 0 Å². The number of hydrogen-bond acceptors (Lipinski definition) is 3. The first kappa shape index (κ1) is 13.4. The van der Waals surface area contributed by atoms with Gasteiger partial charge in [0.2, 0.25) is 5.91 Å². The molecule has 2 N–H and O–H groups in total. The fraction of sp³-hybridized carbons (Fsp3) is 0.933. The number of likely N-dealkylation sites (N-methyl/N-ethyl adjacent to an activating group) is 1. The second-order valence-corrected chi connectivity index (χ2v) is 7.06. The molecule has 3 rings (SSSR count). The predicted molar refractivity (Wildman–Crippen MR) is 73.5 cm³/mol. The van der Waals surface area contributed by atoms with Crippen LogP contribution >= 0.6 is 0 Å². The Bertz CT molecular complexity index is 392. The van der Waals surface area contributed by atoms with Gasteiger partial charge in [-0.3, -0.25) is 4.79 Å². The summed E-state index contributed by atoms with van der Waals surface area (Å²) >= 11 is 0. The zero-order valence-corrected chi connectivity index (χ0v) is 12.3. The van der Waals surface area contributed by atoms with E-state index in [4.69, 9.17) is 10.5 Å². The van der Waals surface area contributed by atoms with Gasteiger partial charge in [-0.1, -0.05) is 13.8 Å². The number of nitrogens with two attached hydrogens (primary N) is 1. The number of carbonyl (C=O) groups is 1. The van der Waals surface area contributed by atoms with Gasteiger partial charge in [-0.05, 0) is 32.1 Å². The Morgan fingerprint density at radius 1 is 1.37 bits per heavy atom. The summed E-state index contributed by atoms with van der Waals surface area (Å²) in [6, 6.07) is 0. The summed E-state index contributed by atoms with van der Waals surface area (Å²) in [5, 5.41) is 0. The van der Waals surface area contributed by atoms with E-state index in [9.17, 15) is 4.79 Å². The van der Waals surface area contributed by atoms with Crippen molar-refractivity contribution in [3.63, 3.8) is 0 Å². The highest BCUT2D eigenvalue weighted by Gasteiger charge is 2.71. The van der Waals surface area contributed by atoms with Crippen LogP contribution in [0.3, 0.4) is 0 Å². The first-order chi connectivity index (χ1) is 8.92. The van der Waals surface area contributed by atoms with E-state index in [0.29, 0.717) is 5.92 Å². The minimum Gasteiger partial charge on any atom is -0.377 e. The fourth-order valence-corrected chi connectivity index (χ4v) is 4.05. The third-order valence-corrected chi connectivity index (χ3v) is 5.65. The van der Waals surface area contributed by atoms with Gasteiger partial charge < -0.3 is 15.4 Å². The Morgan fingerprint density at radius 3 is 2.63 bits per heavy atom. The summed E-state index contributed by atoms with van der Waals surface area (Å²) in [7, 11) is 0. The number of fused-ring (bicyclic) bond motifs is 1. The van der Waals surface area contributed by atoms with Crippen molar-refractivity contribution < 1.29 is 9.53 Å². The maximum atomic E-state index is 12.9. The van der Waals surface area contributed by atoms with Gasteiger partial charge in [0.1, 0.15) is 5.54 Å². The van der Waals surface area contributed by atoms with Crippen LogP contribution in [0.25, 0.3) is 0 Å². The summed E-state index contributed by atoms with van der Waals surface area (Å²) in [6.45, 7) is 8.63. The van der Waals surface area contributed by atoms with Gasteiger partial charge >= 0.3 is 0 Å². The van der Waals surface area contributed by atoms with Crippen molar-refractivity contribution in [1.82, 2.24) is 4.90 Å². The number of rotatable bonds is 4. The largest absolute Gasteiger partial charge is 0.377 e. The Kier molecular flexibility index (Phi) is 2.95. The van der Waals surface area contributed by atoms with E-state index < -0.39 is 5.54 Å². The van der Waals surface area contributed by atoms with E-state index in [2.05, 4.69) is 20.8 Å². The highest BCUT2D eigenvalue weighted by atomic mass is 16.5. The van der Waals surface area contributed by atoms with Crippen molar-refractivity contribution in [1.29, 1.82) is 0 Å². The van der Waals surface area contributed by atoms with Gasteiger partial charge in [0.05, 0.1) is 6.10 Å². The second-order valence-electron chi connectivity index (χ2n) is 7.06. The number of nitrogens with zero attached hydrogens (tertiary/aromatic N) is 1. The van der Waals surface area contributed by atoms with Gasteiger partial charge in [-0.2, -0.15) is 0 Å². The van der Waals surface area contributed by atoms with E-state index in [0.717, 1.165) is 26.1 Å². The van der Waals surface area contributed by atoms with E-state index in [1.165, 1.54) is 12.8 Å². The lowest BCUT2D eigenvalue weighted by Gasteiger charge is -2.61. The fourth-order valence-electron chi connectivity index (χ4n) is 4.05. The first-order valence-corrected chi connectivity index (χ1v) is 7.62. The SMILES string of the molecule is CCN(CC1CC1)C(=O)C1(N)C2CCOC2C1(C)C. The molecule has 2 aliphatic carbocycles. The van der Waals surface area contributed by atoms with Crippen LogP contribution < -0.4 is 5.73 Å². The van der Waals surface area contributed by atoms with Crippen molar-refractivity contribution >= 4 is 5.91 Å². The molecule has 0 aromatic heterocycles. The maximum absolute atomic E-state index is 12.9. The van der Waals surface area contributed by atoms with Gasteiger partial charge in [0.15, 0.2) is 0 Å². The molecule has 0 aromatic rings. The first-order valence-electron chi connectivity index (χ1n) is 7.62. The number of amides is 1. The maximum Gasteiger partial charge on any atom is 0.243 e. The molecule has 19 heavy (non-hydrogen) atoms. The quantitative estimate of drug-likeness (QED) is 0.836. The molecule has 2 saturated carbocycles. The van der Waals surface area contributed by atoms with Crippen LogP contribution in [0.4, 0.5) is 0 Å². The third-order valence-electron chi connectivity index (χ3n) is 5.65. The average molecular weight is 266 g/mol. The molecule has 1 heterocycles. The Balaban J connectivity index is 1.80. The second kappa shape index (κ2) is 4.19. The molecule has 1 aliphatic heterocycles. The Morgan fingerprint density at radius 2 is 2.05 bits per heavy atom. The van der Waals surface area contributed by atoms with Crippen LogP contribution in [0.5, 0.6) is 0 Å². The van der Waals surface area contributed by atoms with Crippen LogP contribution in [0.1, 0.15) is 40.0 Å². The molecule has 1 saturated heterocycles. The van der Waals surface area contributed by atoms with Crippen molar-refractivity contribution in [2.24, 2.45) is 23.0 Å². The predicted octanol–water partition coefficient (Wildman–Crippen LogP) is 1.39. The smallest absolute Gasteiger partial charge is 0.243 e. The average Bonchev–Trinajstić information content (AvgIpc) is 3.07. The normalized spacial score (nSPS) is 39.6. The molecule has 0 aromatic carbocycles. The summed E-state index contributed by atoms with van der Waals surface area (Å²) in [4.78, 5) is 14.9. The van der Waals surface area contributed by atoms with Gasteiger partial charge in [-0.25, -0.2) is 0 Å². The van der Waals surface area contributed by atoms with Crippen LogP contribution in [0.2, 0.25) is 0 Å². The number of carbonyl (C=O) groups excluding carboxylic acids is 1. The standard InChI is InChI=1S/C15H26N2O2/c1-4-17(9-10-5-6-10)13(18)15(16)11-7-8-19-12(11)14(15,2)3/h10-12H,4-9,16H2,1-3H3. The van der Waals surface area contributed by atoms with E-state index in [-0.39, 0.29) is 23.3 Å². The molecule has 3 unspecified atom stereocenters. The number of hydrogen-bond donors (Lipinski definition) is 1. The topological polar surface area (TPSA) is 55.6 Å². The van der Waals surface area contributed by atoms with E-state index in [1.807, 2.05) is 4.90 Å². The van der Waals surface area contributed by atoms with E-state index in [1.54, 1.807) is 0 Å². The summed E-state index contributed by atoms with van der Waals surface area (Å²) in [5.41, 5.74) is 5.64. The van der Waals surface area contributed by atoms with Gasteiger partial charge in [0, 0.05) is 31.0 Å². The molecule has 0 spiro atoms. The Labute approximate surface area is 115 Å². The monoisotopic (exact) mass is 266 g/mol. The zero-order chi connectivity index (χ0) is 13.8. The van der Waals surface area contributed by atoms with Crippen LogP contribution in [0, 0.1) is 17.3 Å². The molecule has 0 radical (unpaired) electrons. The third kappa shape index (κ3) is 1.69. The van der Waals surface area contributed by atoms with E-state index >= 15 is 0 Å². The molecule has 0 bridgehead atoms. The lowest BCUT2D eigenvalue weighted by atomic mass is 9.47. The molecule has 3 aliphatic rings. The summed E-state index contributed by atoms with van der Waals surface area (Å²) < 4.78 is 5.77. The van der Waals surface area contributed by atoms with Crippen molar-refractivity contribution in [3.05, 3.63) is 0 Å². The highest BCUT2D eigenvalue weighted by molar-refractivity contribution is 5.89. The Hall–Kier alpha value is -0.610. The van der Waals surface area contributed by atoms with Crippen LogP contribution in [0.15, 0.2) is 0 Å². The van der Waals surface area contributed by atoms with Crippen LogP contribution in [-0.2, 0) is 9.53 Å². The number of ether oxygens (including phenoxy) is 1. The van der Waals surface area contributed by atoms with Crippen LogP contribution in [-0.4, -0.2) is 42.1 Å². The molecule has 4 nitrogen and oxygen atoms in total. The molecule has 3 fully saturated rings. The summed E-state index contributed by atoms with van der Waals surface area (Å²) in [6.07, 6.45) is 3.62. The summed E-state index contributed by atoms with van der Waals surface area (Å²) in [5.74, 6) is 1.08. The van der Waals surface area contributed by atoms with Crippen molar-refractivity contribution in [2.75, 3.05) is 19.7 Å². The minimum absolute atomic E-state index is 0.152. The van der Waals surface area contributed by atoms with Crippen molar-refractivity contribution in [3.8, 4) is 0 Å². The van der Waals surface area contributed by atoms with Gasteiger partial charge in [-0.15, -0.1) is 0 Å². The molecule has 108 valence electrons. The lowest BCUT2D eigenvalue weighted by molar-refractivity contribution is -0.184. The lowest BCUT2D eigenvalue weighted by Crippen LogP contribution is -2.80. The molecule has 4 heteroatoms. The molecular weight excluding hydrogens is 240 g/mol. The van der Waals surface area contributed by atoms with Crippen molar-refractivity contribution in [2.45, 2.75) is 51.7 Å². The zero-order valence-electron chi connectivity index (χ0n) is 12.3. The molecule has 1 amide bonds. The molecule has 3 atom stereocenters. The minimum atomic E-state index is -0.723. The molecular formula is C15H26N2O2.